The molecule has 1 aromatic rings. The molecule has 0 bridgehead atoms. The zero-order valence-electron chi connectivity index (χ0n) is 16.7. The number of aromatic carboxylic acids is 1. The van der Waals surface area contributed by atoms with Crippen molar-refractivity contribution < 1.29 is 9.90 Å². The third-order valence-electron chi connectivity index (χ3n) is 5.59. The Balaban J connectivity index is 2.13. The van der Waals surface area contributed by atoms with E-state index in [-0.39, 0.29) is 5.41 Å². The average Bonchev–Trinajstić information content (AvgIpc) is 3.01. The summed E-state index contributed by atoms with van der Waals surface area (Å²) in [5.74, 6) is -0.0372. The van der Waals surface area contributed by atoms with Gasteiger partial charge in [0.25, 0.3) is 0 Å². The van der Waals surface area contributed by atoms with Crippen LogP contribution in [0.3, 0.4) is 0 Å². The Morgan fingerprint density at radius 3 is 2.58 bits per heavy atom. The molecule has 0 aromatic carbocycles. The first kappa shape index (κ1) is 19.4. The summed E-state index contributed by atoms with van der Waals surface area (Å²) in [6, 6.07) is 2.15. The van der Waals surface area contributed by atoms with Crippen molar-refractivity contribution in [2.75, 3.05) is 20.1 Å². The number of carboxylic acids is 1. The maximum atomic E-state index is 12.0. The fourth-order valence-corrected chi connectivity index (χ4v) is 4.96. The molecule has 142 valence electrons. The molecule has 4 heteroatoms. The van der Waals surface area contributed by atoms with Crippen molar-refractivity contribution in [1.82, 2.24) is 4.90 Å². The van der Waals surface area contributed by atoms with Crippen molar-refractivity contribution in [1.29, 1.82) is 0 Å². The zero-order valence-corrected chi connectivity index (χ0v) is 17.5. The quantitative estimate of drug-likeness (QED) is 0.752. The first-order chi connectivity index (χ1) is 12.2. The van der Waals surface area contributed by atoms with Crippen molar-refractivity contribution in [3.05, 3.63) is 38.6 Å². The summed E-state index contributed by atoms with van der Waals surface area (Å²) in [5, 5.41) is 9.82. The first-order valence-corrected chi connectivity index (χ1v) is 10.5. The van der Waals surface area contributed by atoms with E-state index in [1.54, 1.807) is 0 Å². The fourth-order valence-electron chi connectivity index (χ4n) is 3.87. The summed E-state index contributed by atoms with van der Waals surface area (Å²) in [5.41, 5.74) is 5.04. The molecule has 3 nitrogen and oxygen atoms in total. The molecule has 0 saturated carbocycles. The van der Waals surface area contributed by atoms with Crippen molar-refractivity contribution >= 4 is 22.9 Å². The Bertz CT molecular complexity index is 764. The molecular formula is C22H31NO2S. The molecule has 0 amide bonds. The van der Waals surface area contributed by atoms with E-state index in [0.29, 0.717) is 4.88 Å². The van der Waals surface area contributed by atoms with Crippen molar-refractivity contribution in [3.63, 3.8) is 0 Å². The summed E-state index contributed by atoms with van der Waals surface area (Å²) >= 11 is 1.45. The lowest BCUT2D eigenvalue weighted by Gasteiger charge is -2.31. The van der Waals surface area contributed by atoms with Crippen LogP contribution in [0.5, 0.6) is 0 Å². The topological polar surface area (TPSA) is 40.5 Å². The van der Waals surface area contributed by atoms with E-state index in [1.165, 1.54) is 34.5 Å². The van der Waals surface area contributed by atoms with Gasteiger partial charge in [-0.25, -0.2) is 4.79 Å². The summed E-state index contributed by atoms with van der Waals surface area (Å²) in [4.78, 5) is 16.0. The number of carbonyl (C=O) groups is 1. The van der Waals surface area contributed by atoms with Gasteiger partial charge in [-0.15, -0.1) is 11.3 Å². The molecule has 1 aromatic heterocycles. The van der Waals surface area contributed by atoms with Crippen LogP contribution in [0, 0.1) is 5.92 Å². The number of carboxylic acid groups (broad SMARTS) is 1. The molecule has 3 rings (SSSR count). The van der Waals surface area contributed by atoms with Crippen LogP contribution in [0.2, 0.25) is 0 Å². The Morgan fingerprint density at radius 2 is 2.00 bits per heavy atom. The molecule has 1 atom stereocenters. The Morgan fingerprint density at radius 1 is 1.27 bits per heavy atom. The second kappa shape index (κ2) is 7.32. The van der Waals surface area contributed by atoms with Crippen molar-refractivity contribution in [3.8, 4) is 0 Å². The Labute approximate surface area is 161 Å². The highest BCUT2D eigenvalue weighted by Gasteiger charge is 2.29. The molecule has 0 fully saturated rings. The molecule has 26 heavy (non-hydrogen) atoms. The lowest BCUT2D eigenvalue weighted by atomic mass is 9.82. The van der Waals surface area contributed by atoms with Gasteiger partial charge in [-0.3, -0.25) is 0 Å². The second-order valence-corrected chi connectivity index (χ2v) is 10.0. The minimum atomic E-state index is -0.794. The van der Waals surface area contributed by atoms with Gasteiger partial charge in [-0.2, -0.15) is 0 Å². The van der Waals surface area contributed by atoms with Crippen LogP contribution in [-0.2, 0) is 5.41 Å². The second-order valence-electron chi connectivity index (χ2n) is 8.96. The largest absolute Gasteiger partial charge is 0.477 e. The zero-order chi connectivity index (χ0) is 19.1. The van der Waals surface area contributed by atoms with Gasteiger partial charge in [0.2, 0.25) is 0 Å². The fraction of sp³-hybridized carbons (Fsp3) is 0.591. The van der Waals surface area contributed by atoms with E-state index in [1.807, 2.05) is 0 Å². The molecular weight excluding hydrogens is 342 g/mol. The standard InChI is InChI=1S/C22H31NO2S/c1-14-6-8-15(9-7-14)18-13-23(5)11-10-16(18)17-12-19(22(2,3)4)26-20(17)21(24)25/h8,12,14H,6-7,9-11,13H2,1-5H3,(H,24,25). The predicted octanol–water partition coefficient (Wildman–Crippen LogP) is 5.58. The van der Waals surface area contributed by atoms with Gasteiger partial charge in [-0.05, 0) is 66.8 Å². The number of hydrogen-bond acceptors (Lipinski definition) is 3. The van der Waals surface area contributed by atoms with Crippen LogP contribution in [0.4, 0.5) is 0 Å². The monoisotopic (exact) mass is 373 g/mol. The number of hydrogen-bond donors (Lipinski definition) is 1. The first-order valence-electron chi connectivity index (χ1n) is 9.64. The molecule has 1 N–H and O–H groups in total. The van der Waals surface area contributed by atoms with Gasteiger partial charge in [0.15, 0.2) is 0 Å². The molecule has 0 radical (unpaired) electrons. The molecule has 1 aliphatic carbocycles. The summed E-state index contributed by atoms with van der Waals surface area (Å²) in [6.07, 6.45) is 6.82. The Kier molecular flexibility index (Phi) is 5.45. The van der Waals surface area contributed by atoms with E-state index in [0.717, 1.165) is 48.7 Å². The summed E-state index contributed by atoms with van der Waals surface area (Å²) < 4.78 is 0. The summed E-state index contributed by atoms with van der Waals surface area (Å²) in [6.45, 7) is 10.7. The van der Waals surface area contributed by atoms with Crippen LogP contribution < -0.4 is 0 Å². The van der Waals surface area contributed by atoms with Gasteiger partial charge in [0.05, 0.1) is 0 Å². The number of rotatable bonds is 3. The molecule has 2 aliphatic rings. The third kappa shape index (κ3) is 3.96. The van der Waals surface area contributed by atoms with E-state index >= 15 is 0 Å². The van der Waals surface area contributed by atoms with Gasteiger partial charge >= 0.3 is 5.97 Å². The van der Waals surface area contributed by atoms with Gasteiger partial charge < -0.3 is 10.0 Å². The van der Waals surface area contributed by atoms with E-state index in [2.05, 4.69) is 51.8 Å². The highest BCUT2D eigenvalue weighted by Crippen LogP contribution is 2.41. The van der Waals surface area contributed by atoms with E-state index in [9.17, 15) is 9.90 Å². The maximum absolute atomic E-state index is 12.0. The average molecular weight is 374 g/mol. The molecule has 0 saturated heterocycles. The number of likely N-dealkylation sites (N-methyl/N-ethyl adjacent to an activating group) is 1. The highest BCUT2D eigenvalue weighted by atomic mass is 32.1. The summed E-state index contributed by atoms with van der Waals surface area (Å²) in [7, 11) is 2.16. The number of thiophene rings is 1. The minimum absolute atomic E-state index is 0.0289. The maximum Gasteiger partial charge on any atom is 0.346 e. The SMILES string of the molecule is CC1CC=C(C2=C(c3cc(C(C)(C)C)sc3C(=O)O)CCN(C)C2)CC1. The van der Waals surface area contributed by atoms with Crippen LogP contribution in [0.1, 0.15) is 73.5 Å². The Hall–Kier alpha value is -1.39. The van der Waals surface area contributed by atoms with Crippen LogP contribution >= 0.6 is 11.3 Å². The molecule has 1 aliphatic heterocycles. The predicted molar refractivity (Wildman–Crippen MR) is 110 cm³/mol. The minimum Gasteiger partial charge on any atom is -0.477 e. The van der Waals surface area contributed by atoms with Gasteiger partial charge in [0.1, 0.15) is 4.88 Å². The lowest BCUT2D eigenvalue weighted by Crippen LogP contribution is -2.29. The van der Waals surface area contributed by atoms with Gasteiger partial charge in [-0.1, -0.05) is 33.8 Å². The molecule has 0 spiro atoms. The van der Waals surface area contributed by atoms with Crippen LogP contribution in [-0.4, -0.2) is 36.1 Å². The lowest BCUT2D eigenvalue weighted by molar-refractivity contribution is 0.0702. The number of nitrogens with zero attached hydrogens (tertiary/aromatic N) is 1. The van der Waals surface area contributed by atoms with Gasteiger partial charge in [0, 0.05) is 23.5 Å². The molecule has 1 unspecified atom stereocenters. The van der Waals surface area contributed by atoms with E-state index in [4.69, 9.17) is 0 Å². The van der Waals surface area contributed by atoms with Crippen molar-refractivity contribution in [2.45, 2.75) is 58.8 Å². The number of allylic oxidation sites excluding steroid dienone is 1. The highest BCUT2D eigenvalue weighted by molar-refractivity contribution is 7.14. The van der Waals surface area contributed by atoms with Crippen LogP contribution in [0.15, 0.2) is 23.3 Å². The third-order valence-corrected chi connectivity index (χ3v) is 7.14. The van der Waals surface area contributed by atoms with Crippen molar-refractivity contribution in [2.24, 2.45) is 5.92 Å². The van der Waals surface area contributed by atoms with E-state index < -0.39 is 5.97 Å². The van der Waals surface area contributed by atoms with Crippen LogP contribution in [0.25, 0.3) is 5.57 Å². The smallest absolute Gasteiger partial charge is 0.346 e. The normalized spacial score (nSPS) is 22.5. The molecule has 2 heterocycles.